The fourth-order valence-electron chi connectivity index (χ4n) is 1.84. The lowest BCUT2D eigenvalue weighted by atomic mass is 10.1. The lowest BCUT2D eigenvalue weighted by Gasteiger charge is -2.17. The van der Waals surface area contributed by atoms with Gasteiger partial charge in [0.15, 0.2) is 5.75 Å². The molecule has 0 fully saturated rings. The third kappa shape index (κ3) is 2.18. The molecular weight excluding hydrogens is 232 g/mol. The van der Waals surface area contributed by atoms with Crippen LogP contribution in [0.2, 0.25) is 0 Å². The smallest absolute Gasteiger partial charge is 0.162 e. The van der Waals surface area contributed by atoms with Gasteiger partial charge in [-0.3, -0.25) is 20.5 Å². The Hall–Kier alpha value is -1.99. The van der Waals surface area contributed by atoms with Crippen molar-refractivity contribution in [2.24, 2.45) is 5.84 Å². The van der Waals surface area contributed by atoms with Crippen LogP contribution in [0.1, 0.15) is 24.4 Å². The first-order valence-corrected chi connectivity index (χ1v) is 5.63. The van der Waals surface area contributed by atoms with Crippen LogP contribution in [0.5, 0.6) is 5.75 Å². The molecule has 0 amide bonds. The molecule has 0 spiro atoms. The Kier molecular flexibility index (Phi) is 3.85. The van der Waals surface area contributed by atoms with Crippen molar-refractivity contribution in [2.45, 2.75) is 19.5 Å². The molecule has 7 heteroatoms. The molecule has 0 aromatic carbocycles. The highest BCUT2D eigenvalue weighted by atomic mass is 16.5. The minimum atomic E-state index is -0.309. The highest BCUT2D eigenvalue weighted by molar-refractivity contribution is 5.33. The fraction of sp³-hybridized carbons (Fsp3) is 0.364. The number of hydrazine groups is 1. The summed E-state index contributed by atoms with van der Waals surface area (Å²) in [5.74, 6) is 6.30. The number of hydrogen-bond acceptors (Lipinski definition) is 6. The first kappa shape index (κ1) is 12.5. The van der Waals surface area contributed by atoms with Crippen molar-refractivity contribution in [3.8, 4) is 5.75 Å². The average molecular weight is 248 g/mol. The van der Waals surface area contributed by atoms with Gasteiger partial charge in [0.1, 0.15) is 11.7 Å². The molecule has 0 aliphatic carbocycles. The number of hydrogen-bond donors (Lipinski definition) is 2. The van der Waals surface area contributed by atoms with Crippen molar-refractivity contribution < 1.29 is 4.74 Å². The van der Waals surface area contributed by atoms with Gasteiger partial charge in [0.05, 0.1) is 25.2 Å². The fourth-order valence-corrected chi connectivity index (χ4v) is 1.84. The molecule has 2 aromatic heterocycles. The van der Waals surface area contributed by atoms with Gasteiger partial charge < -0.3 is 4.74 Å². The predicted molar refractivity (Wildman–Crippen MR) is 65.7 cm³/mol. The van der Waals surface area contributed by atoms with E-state index in [-0.39, 0.29) is 6.04 Å². The van der Waals surface area contributed by atoms with Gasteiger partial charge in [-0.05, 0) is 6.92 Å². The number of nitrogens with zero attached hydrogens (tertiary/aromatic N) is 4. The summed E-state index contributed by atoms with van der Waals surface area (Å²) in [5, 5.41) is 4.25. The molecule has 7 nitrogen and oxygen atoms in total. The quantitative estimate of drug-likeness (QED) is 0.582. The van der Waals surface area contributed by atoms with E-state index in [1.807, 2.05) is 11.6 Å². The SMILES string of the molecule is CCn1ncc(OC)c1C(NN)c1cnccn1. The minimum absolute atomic E-state index is 0.309. The molecule has 2 heterocycles. The van der Waals surface area contributed by atoms with Crippen LogP contribution in [-0.4, -0.2) is 26.9 Å². The van der Waals surface area contributed by atoms with Gasteiger partial charge in [0, 0.05) is 18.9 Å². The van der Waals surface area contributed by atoms with Crippen molar-refractivity contribution >= 4 is 0 Å². The summed E-state index contributed by atoms with van der Waals surface area (Å²) in [5.41, 5.74) is 4.28. The van der Waals surface area contributed by atoms with Crippen LogP contribution in [-0.2, 0) is 6.54 Å². The largest absolute Gasteiger partial charge is 0.493 e. The topological polar surface area (TPSA) is 90.9 Å². The highest BCUT2D eigenvalue weighted by Crippen LogP contribution is 2.27. The van der Waals surface area contributed by atoms with Crippen molar-refractivity contribution in [2.75, 3.05) is 7.11 Å². The second-order valence-corrected chi connectivity index (χ2v) is 3.64. The molecule has 2 rings (SSSR count). The van der Waals surface area contributed by atoms with E-state index in [1.54, 1.807) is 31.9 Å². The second-order valence-electron chi connectivity index (χ2n) is 3.64. The normalized spacial score (nSPS) is 12.4. The van der Waals surface area contributed by atoms with Crippen molar-refractivity contribution in [1.29, 1.82) is 0 Å². The zero-order valence-corrected chi connectivity index (χ0v) is 10.4. The zero-order chi connectivity index (χ0) is 13.0. The Morgan fingerprint density at radius 2 is 2.28 bits per heavy atom. The van der Waals surface area contributed by atoms with E-state index in [0.29, 0.717) is 11.4 Å². The average Bonchev–Trinajstić information content (AvgIpc) is 2.84. The number of methoxy groups -OCH3 is 1. The van der Waals surface area contributed by atoms with Crippen LogP contribution < -0.4 is 16.0 Å². The predicted octanol–water partition coefficient (Wildman–Crippen LogP) is 0.254. The van der Waals surface area contributed by atoms with Gasteiger partial charge in [0.2, 0.25) is 0 Å². The number of nitrogens with two attached hydrogens (primary N) is 1. The standard InChI is InChI=1S/C11H16N6O/c1-3-17-11(9(18-2)7-15-17)10(16-12)8-6-13-4-5-14-8/h4-7,10,16H,3,12H2,1-2H3. The molecule has 0 radical (unpaired) electrons. The highest BCUT2D eigenvalue weighted by Gasteiger charge is 2.23. The molecule has 1 unspecified atom stereocenters. The molecule has 0 saturated carbocycles. The Balaban J connectivity index is 2.47. The van der Waals surface area contributed by atoms with Crippen LogP contribution in [0.25, 0.3) is 0 Å². The van der Waals surface area contributed by atoms with Crippen LogP contribution >= 0.6 is 0 Å². The molecule has 2 aromatic rings. The first-order chi connectivity index (χ1) is 8.81. The Morgan fingerprint density at radius 3 is 2.83 bits per heavy atom. The van der Waals surface area contributed by atoms with E-state index in [2.05, 4.69) is 20.5 Å². The lowest BCUT2D eigenvalue weighted by Crippen LogP contribution is -2.31. The Morgan fingerprint density at radius 1 is 1.44 bits per heavy atom. The van der Waals surface area contributed by atoms with Gasteiger partial charge >= 0.3 is 0 Å². The summed E-state index contributed by atoms with van der Waals surface area (Å²) in [6, 6.07) is -0.309. The van der Waals surface area contributed by atoms with Crippen molar-refractivity contribution in [3.63, 3.8) is 0 Å². The van der Waals surface area contributed by atoms with Crippen LogP contribution in [0.4, 0.5) is 0 Å². The molecule has 0 saturated heterocycles. The van der Waals surface area contributed by atoms with Crippen LogP contribution in [0, 0.1) is 0 Å². The van der Waals surface area contributed by atoms with Gasteiger partial charge in [-0.2, -0.15) is 5.10 Å². The second kappa shape index (κ2) is 5.56. The first-order valence-electron chi connectivity index (χ1n) is 5.63. The number of aromatic nitrogens is 4. The van der Waals surface area contributed by atoms with Crippen molar-refractivity contribution in [3.05, 3.63) is 36.2 Å². The third-order valence-corrected chi connectivity index (χ3v) is 2.68. The molecule has 3 N–H and O–H groups in total. The van der Waals surface area contributed by atoms with Gasteiger partial charge in [-0.15, -0.1) is 0 Å². The van der Waals surface area contributed by atoms with E-state index in [0.717, 1.165) is 12.2 Å². The Bertz CT molecular complexity index is 476. The summed E-state index contributed by atoms with van der Waals surface area (Å²) in [4.78, 5) is 8.30. The summed E-state index contributed by atoms with van der Waals surface area (Å²) >= 11 is 0. The lowest BCUT2D eigenvalue weighted by molar-refractivity contribution is 0.398. The summed E-state index contributed by atoms with van der Waals surface area (Å²) in [6.45, 7) is 2.72. The molecule has 0 aliphatic rings. The number of rotatable bonds is 5. The maximum absolute atomic E-state index is 5.63. The number of aryl methyl sites for hydroxylation is 1. The molecule has 0 aliphatic heterocycles. The van der Waals surface area contributed by atoms with E-state index in [1.165, 1.54) is 0 Å². The van der Waals surface area contributed by atoms with E-state index in [4.69, 9.17) is 10.6 Å². The van der Waals surface area contributed by atoms with E-state index in [9.17, 15) is 0 Å². The molecular formula is C11H16N6O. The van der Waals surface area contributed by atoms with E-state index < -0.39 is 0 Å². The zero-order valence-electron chi connectivity index (χ0n) is 10.4. The van der Waals surface area contributed by atoms with Crippen molar-refractivity contribution in [1.82, 2.24) is 25.2 Å². The van der Waals surface area contributed by atoms with Gasteiger partial charge in [-0.1, -0.05) is 0 Å². The summed E-state index contributed by atoms with van der Waals surface area (Å²) in [7, 11) is 1.60. The molecule has 0 bridgehead atoms. The maximum Gasteiger partial charge on any atom is 0.162 e. The minimum Gasteiger partial charge on any atom is -0.493 e. The molecule has 96 valence electrons. The number of ether oxygens (including phenoxy) is 1. The van der Waals surface area contributed by atoms with Gasteiger partial charge in [0.25, 0.3) is 0 Å². The third-order valence-electron chi connectivity index (χ3n) is 2.68. The number of nitrogens with one attached hydrogen (secondary N) is 1. The van der Waals surface area contributed by atoms with Crippen LogP contribution in [0.3, 0.4) is 0 Å². The maximum atomic E-state index is 5.63. The van der Waals surface area contributed by atoms with Crippen LogP contribution in [0.15, 0.2) is 24.8 Å². The van der Waals surface area contributed by atoms with Gasteiger partial charge in [-0.25, -0.2) is 5.43 Å². The molecule has 18 heavy (non-hydrogen) atoms. The molecule has 1 atom stereocenters. The Labute approximate surface area is 105 Å². The summed E-state index contributed by atoms with van der Waals surface area (Å²) in [6.07, 6.45) is 6.57. The monoisotopic (exact) mass is 248 g/mol. The van der Waals surface area contributed by atoms with E-state index >= 15 is 0 Å². The summed E-state index contributed by atoms with van der Waals surface area (Å²) < 4.78 is 7.12.